The van der Waals surface area contributed by atoms with Gasteiger partial charge in [-0.2, -0.15) is 0 Å². The van der Waals surface area contributed by atoms with Gasteiger partial charge in [0, 0.05) is 71.2 Å². The van der Waals surface area contributed by atoms with Crippen molar-refractivity contribution in [2.75, 3.05) is 0 Å². The Balaban J connectivity index is 0.00000149. The maximum atomic E-state index is 6.72. The highest BCUT2D eigenvalue weighted by atomic mass is 16.3. The molecule has 0 bridgehead atoms. The predicted molar refractivity (Wildman–Crippen MR) is 281 cm³/mol. The zero-order chi connectivity index (χ0) is 45.3. The first-order valence-electron chi connectivity index (χ1n) is 23.3. The molecule has 0 aliphatic rings. The second-order valence-electron chi connectivity index (χ2n) is 17.4. The highest BCUT2D eigenvalue weighted by molar-refractivity contribution is 6.33. The maximum absolute atomic E-state index is 6.72. The van der Waals surface area contributed by atoms with E-state index in [9.17, 15) is 0 Å². The maximum Gasteiger partial charge on any atom is 0.164 e. The quantitative estimate of drug-likeness (QED) is 0.161. The molecule has 6 heteroatoms. The zero-order valence-corrected chi connectivity index (χ0v) is 37.4. The summed E-state index contributed by atoms with van der Waals surface area (Å²) in [5.41, 5.74) is 11.3. The Hall–Kier alpha value is -8.87. The highest BCUT2D eigenvalue weighted by Crippen LogP contribution is 2.47. The van der Waals surface area contributed by atoms with Gasteiger partial charge in [-0.3, -0.25) is 0 Å². The van der Waals surface area contributed by atoms with Crippen molar-refractivity contribution < 1.29 is 8.83 Å². The summed E-state index contributed by atoms with van der Waals surface area (Å²) >= 11 is 0. The van der Waals surface area contributed by atoms with Crippen LogP contribution in [0.25, 0.3) is 138 Å². The summed E-state index contributed by atoms with van der Waals surface area (Å²) in [4.78, 5) is 15.5. The van der Waals surface area contributed by atoms with Crippen molar-refractivity contribution in [1.82, 2.24) is 19.5 Å². The van der Waals surface area contributed by atoms with E-state index in [0.29, 0.717) is 17.5 Å². The van der Waals surface area contributed by atoms with E-state index >= 15 is 0 Å². The van der Waals surface area contributed by atoms with Crippen LogP contribution in [-0.2, 0) is 0 Å². The number of nitrogens with zero attached hydrogens (tertiary/aromatic N) is 4. The Kier molecular flexibility index (Phi) is 9.25. The van der Waals surface area contributed by atoms with Gasteiger partial charge in [0.15, 0.2) is 17.5 Å². The number of fused-ring (bicyclic) bond motifs is 14. The van der Waals surface area contributed by atoms with E-state index in [4.69, 9.17) is 23.8 Å². The molecule has 0 atom stereocenters. The third-order valence-corrected chi connectivity index (χ3v) is 13.0. The first-order valence-corrected chi connectivity index (χ1v) is 23.3. The van der Waals surface area contributed by atoms with Gasteiger partial charge in [0.1, 0.15) is 22.3 Å². The molecule has 4 aromatic heterocycles. The topological polar surface area (TPSA) is 69.9 Å². The second kappa shape index (κ2) is 15.9. The van der Waals surface area contributed by atoms with E-state index < -0.39 is 0 Å². The van der Waals surface area contributed by atoms with E-state index in [1.807, 2.05) is 66.7 Å². The van der Waals surface area contributed by atoms with Gasteiger partial charge in [0.25, 0.3) is 0 Å². The van der Waals surface area contributed by atoms with Gasteiger partial charge < -0.3 is 13.4 Å². The van der Waals surface area contributed by atoms with E-state index in [1.54, 1.807) is 0 Å². The van der Waals surface area contributed by atoms with Gasteiger partial charge in [0.05, 0.1) is 11.0 Å². The van der Waals surface area contributed by atoms with E-state index in [0.717, 1.165) is 93.8 Å². The normalized spacial score (nSPS) is 11.7. The van der Waals surface area contributed by atoms with E-state index in [-0.39, 0.29) is 0 Å². The monoisotopic (exact) mass is 874 g/mol. The Morgan fingerprint density at radius 2 is 0.853 bits per heavy atom. The summed E-state index contributed by atoms with van der Waals surface area (Å²) in [6.45, 7) is 4.25. The summed E-state index contributed by atoms with van der Waals surface area (Å²) in [6.07, 6.45) is 1.25. The number of hydrogen-bond acceptors (Lipinski definition) is 5. The fraction of sp³-hybridized carbons (Fsp3) is 0.0484. The highest BCUT2D eigenvalue weighted by Gasteiger charge is 2.24. The van der Waals surface area contributed by atoms with Crippen LogP contribution in [-0.4, -0.2) is 19.5 Å². The molecule has 0 aliphatic carbocycles. The largest absolute Gasteiger partial charge is 0.456 e. The van der Waals surface area contributed by atoms with Crippen LogP contribution in [0.2, 0.25) is 0 Å². The molecule has 0 unspecified atom stereocenters. The summed E-state index contributed by atoms with van der Waals surface area (Å²) < 4.78 is 15.5. The first-order chi connectivity index (χ1) is 33.6. The molecule has 14 aromatic rings. The van der Waals surface area contributed by atoms with Crippen molar-refractivity contribution in [2.45, 2.75) is 20.3 Å². The third-order valence-electron chi connectivity index (χ3n) is 13.0. The molecule has 0 spiro atoms. The van der Waals surface area contributed by atoms with Crippen LogP contribution in [0.1, 0.15) is 20.3 Å². The first kappa shape index (κ1) is 39.5. The molecule has 4 heterocycles. The number of benzene rings is 10. The number of furan rings is 2. The molecule has 0 radical (unpaired) electrons. The molecule has 322 valence electrons. The van der Waals surface area contributed by atoms with Crippen molar-refractivity contribution >= 4 is 87.2 Å². The van der Waals surface area contributed by atoms with Crippen molar-refractivity contribution in [2.24, 2.45) is 0 Å². The number of para-hydroxylation sites is 4. The Labute approximate surface area is 391 Å². The van der Waals surface area contributed by atoms with Crippen LogP contribution in [0, 0.1) is 0 Å². The molecule has 14 rings (SSSR count). The SMILES string of the molecule is CCC.c1ccc(-c2nc(-c3cccc(-n4c5c(-c6cccc7c6oc6ccccc67)cccc5c5c6ccccc6c6ccccc6c54)c3)nc(-c3ccc4c(c3)oc3ccccc34)n2)cc1. The van der Waals surface area contributed by atoms with Crippen molar-refractivity contribution in [3.63, 3.8) is 0 Å². The summed E-state index contributed by atoms with van der Waals surface area (Å²) in [6, 6.07) is 72.1. The van der Waals surface area contributed by atoms with Gasteiger partial charge in [0.2, 0.25) is 0 Å². The number of rotatable bonds is 5. The summed E-state index contributed by atoms with van der Waals surface area (Å²) in [7, 11) is 0. The minimum Gasteiger partial charge on any atom is -0.456 e. The lowest BCUT2D eigenvalue weighted by molar-refractivity contribution is 0.669. The van der Waals surface area contributed by atoms with Crippen molar-refractivity contribution in [3.05, 3.63) is 206 Å². The molecule has 0 N–H and O–H groups in total. The molecule has 0 fully saturated rings. The van der Waals surface area contributed by atoms with E-state index in [2.05, 4.69) is 158 Å². The lowest BCUT2D eigenvalue weighted by atomic mass is 9.95. The lowest BCUT2D eigenvalue weighted by Crippen LogP contribution is -2.01. The Bertz CT molecular complexity index is 4270. The van der Waals surface area contributed by atoms with Crippen LogP contribution in [0.4, 0.5) is 0 Å². The standard InChI is InChI=1S/C59H34N4O2.C3H8/c1-2-15-35(16-3-1)57-60-58(62-59(61-57)37-31-32-43-41-21-8-10-29-50(41)64-52(43)34-37)36-17-12-18-38(33-36)63-54-46(48-27-14-26-47-42-22-9-11-30-51(42)65-56(47)48)25-13-28-49(54)53-44-23-6-4-19-39(44)40-20-5-7-24-45(40)55(53)63;1-3-2/h1-34H;3H2,1-2H3. The van der Waals surface area contributed by atoms with Crippen molar-refractivity contribution in [3.8, 4) is 51.0 Å². The molecule has 68 heavy (non-hydrogen) atoms. The second-order valence-corrected chi connectivity index (χ2v) is 17.4. The molecular formula is C62H42N4O2. The van der Waals surface area contributed by atoms with Crippen LogP contribution in [0.3, 0.4) is 0 Å². The zero-order valence-electron chi connectivity index (χ0n) is 37.4. The molecule has 10 aromatic carbocycles. The summed E-state index contributed by atoms with van der Waals surface area (Å²) in [5.74, 6) is 1.73. The lowest BCUT2D eigenvalue weighted by Gasteiger charge is -2.15. The minimum atomic E-state index is 0.567. The van der Waals surface area contributed by atoms with Gasteiger partial charge in [-0.1, -0.05) is 190 Å². The van der Waals surface area contributed by atoms with Gasteiger partial charge >= 0.3 is 0 Å². The molecule has 0 saturated heterocycles. The Morgan fingerprint density at radius 1 is 0.353 bits per heavy atom. The molecule has 0 amide bonds. The molecule has 6 nitrogen and oxygen atoms in total. The van der Waals surface area contributed by atoms with Crippen LogP contribution in [0.5, 0.6) is 0 Å². The van der Waals surface area contributed by atoms with E-state index in [1.165, 1.54) is 33.4 Å². The van der Waals surface area contributed by atoms with Crippen LogP contribution < -0.4 is 0 Å². The van der Waals surface area contributed by atoms with Gasteiger partial charge in [-0.15, -0.1) is 0 Å². The average Bonchev–Trinajstić information content (AvgIpc) is 4.09. The van der Waals surface area contributed by atoms with Gasteiger partial charge in [-0.25, -0.2) is 15.0 Å². The Morgan fingerprint density at radius 3 is 1.59 bits per heavy atom. The third kappa shape index (κ3) is 6.22. The number of aromatic nitrogens is 4. The molecule has 0 saturated carbocycles. The average molecular weight is 875 g/mol. The fourth-order valence-corrected chi connectivity index (χ4v) is 10.2. The predicted octanol–water partition coefficient (Wildman–Crippen LogP) is 17.2. The van der Waals surface area contributed by atoms with Crippen LogP contribution >= 0.6 is 0 Å². The summed E-state index contributed by atoms with van der Waals surface area (Å²) in [5, 5.41) is 11.5. The molecular weight excluding hydrogens is 833 g/mol. The van der Waals surface area contributed by atoms with Crippen molar-refractivity contribution in [1.29, 1.82) is 0 Å². The fourth-order valence-electron chi connectivity index (χ4n) is 10.2. The number of hydrogen-bond donors (Lipinski definition) is 0. The molecule has 0 aliphatic heterocycles. The van der Waals surface area contributed by atoms with Crippen LogP contribution in [0.15, 0.2) is 215 Å². The smallest absolute Gasteiger partial charge is 0.164 e. The van der Waals surface area contributed by atoms with Gasteiger partial charge in [-0.05, 0) is 52.6 Å². The minimum absolute atomic E-state index is 0.567.